The summed E-state index contributed by atoms with van der Waals surface area (Å²) in [6.07, 6.45) is 4.82. The molecular weight excluding hydrogens is 372 g/mol. The molecule has 0 bridgehead atoms. The molecule has 4 rings (SSSR count). The molecule has 1 heterocycles. The second-order valence-electron chi connectivity index (χ2n) is 7.61. The van der Waals surface area contributed by atoms with E-state index < -0.39 is 10.0 Å². The number of sulfonamides is 1. The highest BCUT2D eigenvalue weighted by molar-refractivity contribution is 7.89. The summed E-state index contributed by atoms with van der Waals surface area (Å²) in [6, 6.07) is 15.3. The third-order valence-corrected chi connectivity index (χ3v) is 7.65. The summed E-state index contributed by atoms with van der Waals surface area (Å²) < 4.78 is 26.7. The van der Waals surface area contributed by atoms with Gasteiger partial charge in [-0.3, -0.25) is 4.79 Å². The fourth-order valence-electron chi connectivity index (χ4n) is 4.14. The maximum Gasteiger partial charge on any atom is 0.243 e. The number of benzene rings is 2. The summed E-state index contributed by atoms with van der Waals surface area (Å²) in [4.78, 5) is 12.7. The molecule has 6 heteroatoms. The van der Waals surface area contributed by atoms with Crippen molar-refractivity contribution in [2.45, 2.75) is 49.5 Å². The van der Waals surface area contributed by atoms with Crippen LogP contribution in [0.4, 0.5) is 0 Å². The normalized spacial score (nSPS) is 19.5. The predicted molar refractivity (Wildman–Crippen MR) is 108 cm³/mol. The SMILES string of the molecule is O=C(CCc1ccc(S(=O)(=O)N2CCCC2)cc1)N[C@H]1CCc2ccccc21. The molecule has 0 spiro atoms. The largest absolute Gasteiger partial charge is 0.349 e. The number of rotatable bonds is 6. The van der Waals surface area contributed by atoms with E-state index in [-0.39, 0.29) is 11.9 Å². The number of hydrogen-bond donors (Lipinski definition) is 1. The summed E-state index contributed by atoms with van der Waals surface area (Å²) in [7, 11) is -3.38. The van der Waals surface area contributed by atoms with Crippen molar-refractivity contribution in [1.29, 1.82) is 0 Å². The van der Waals surface area contributed by atoms with Gasteiger partial charge < -0.3 is 5.32 Å². The topological polar surface area (TPSA) is 66.5 Å². The first-order valence-corrected chi connectivity index (χ1v) is 11.4. The van der Waals surface area contributed by atoms with Gasteiger partial charge >= 0.3 is 0 Å². The molecule has 148 valence electrons. The van der Waals surface area contributed by atoms with Crippen molar-refractivity contribution in [3.05, 3.63) is 65.2 Å². The van der Waals surface area contributed by atoms with Crippen molar-refractivity contribution in [3.63, 3.8) is 0 Å². The molecular formula is C22H26N2O3S. The van der Waals surface area contributed by atoms with E-state index in [4.69, 9.17) is 0 Å². The maximum atomic E-state index is 12.6. The molecule has 1 N–H and O–H groups in total. The van der Waals surface area contributed by atoms with Crippen molar-refractivity contribution < 1.29 is 13.2 Å². The van der Waals surface area contributed by atoms with E-state index in [2.05, 4.69) is 17.4 Å². The van der Waals surface area contributed by atoms with Crippen LogP contribution in [-0.2, 0) is 27.7 Å². The molecule has 1 fully saturated rings. The van der Waals surface area contributed by atoms with E-state index in [9.17, 15) is 13.2 Å². The van der Waals surface area contributed by atoms with Gasteiger partial charge in [-0.15, -0.1) is 0 Å². The molecule has 1 atom stereocenters. The summed E-state index contributed by atoms with van der Waals surface area (Å²) in [5.74, 6) is 0.0375. The first-order valence-electron chi connectivity index (χ1n) is 10.0. The molecule has 1 aliphatic carbocycles. The highest BCUT2D eigenvalue weighted by Crippen LogP contribution is 2.30. The van der Waals surface area contributed by atoms with Crippen LogP contribution in [0.2, 0.25) is 0 Å². The highest BCUT2D eigenvalue weighted by atomic mass is 32.2. The molecule has 0 saturated carbocycles. The first kappa shape index (κ1) is 19.2. The smallest absolute Gasteiger partial charge is 0.243 e. The number of amides is 1. The van der Waals surface area contributed by atoms with E-state index in [1.807, 2.05) is 24.3 Å². The molecule has 2 aromatic rings. The molecule has 0 unspecified atom stereocenters. The van der Waals surface area contributed by atoms with Crippen LogP contribution in [0.25, 0.3) is 0 Å². The lowest BCUT2D eigenvalue weighted by Gasteiger charge is -2.16. The van der Waals surface area contributed by atoms with Crippen molar-refractivity contribution >= 4 is 15.9 Å². The lowest BCUT2D eigenvalue weighted by Crippen LogP contribution is -2.28. The Morgan fingerprint density at radius 3 is 2.50 bits per heavy atom. The van der Waals surface area contributed by atoms with Gasteiger partial charge in [-0.05, 0) is 60.9 Å². The Bertz CT molecular complexity index is 948. The van der Waals surface area contributed by atoms with Gasteiger partial charge in [0.1, 0.15) is 0 Å². The molecule has 0 radical (unpaired) electrons. The summed E-state index contributed by atoms with van der Waals surface area (Å²) in [5, 5.41) is 3.14. The van der Waals surface area contributed by atoms with Crippen molar-refractivity contribution in [2.24, 2.45) is 0 Å². The third kappa shape index (κ3) is 3.98. The van der Waals surface area contributed by atoms with Crippen molar-refractivity contribution in [3.8, 4) is 0 Å². The second kappa shape index (κ2) is 8.05. The standard InChI is InChI=1S/C22H26N2O3S/c25-22(23-21-13-10-18-5-1-2-6-20(18)21)14-9-17-7-11-19(12-8-17)28(26,27)24-15-3-4-16-24/h1-2,5-8,11-12,21H,3-4,9-10,13-16H2,(H,23,25)/t21-/m0/s1. The van der Waals surface area contributed by atoms with Crippen LogP contribution in [-0.4, -0.2) is 31.7 Å². The monoisotopic (exact) mass is 398 g/mol. The van der Waals surface area contributed by atoms with E-state index in [1.165, 1.54) is 11.1 Å². The van der Waals surface area contributed by atoms with Gasteiger partial charge in [-0.1, -0.05) is 36.4 Å². The van der Waals surface area contributed by atoms with Crippen molar-refractivity contribution in [1.82, 2.24) is 9.62 Å². The van der Waals surface area contributed by atoms with Gasteiger partial charge in [0.05, 0.1) is 10.9 Å². The number of carbonyl (C=O) groups is 1. The Morgan fingerprint density at radius 1 is 1.04 bits per heavy atom. The number of nitrogens with zero attached hydrogens (tertiary/aromatic N) is 1. The van der Waals surface area contributed by atoms with Crippen LogP contribution in [0.3, 0.4) is 0 Å². The van der Waals surface area contributed by atoms with Gasteiger partial charge in [0, 0.05) is 19.5 Å². The Morgan fingerprint density at radius 2 is 1.75 bits per heavy atom. The van der Waals surface area contributed by atoms with Crippen LogP contribution >= 0.6 is 0 Å². The zero-order valence-electron chi connectivity index (χ0n) is 15.9. The zero-order valence-corrected chi connectivity index (χ0v) is 16.7. The molecule has 5 nitrogen and oxygen atoms in total. The lowest BCUT2D eigenvalue weighted by atomic mass is 10.1. The van der Waals surface area contributed by atoms with Crippen LogP contribution < -0.4 is 5.32 Å². The van der Waals surface area contributed by atoms with E-state index in [0.717, 1.165) is 31.2 Å². The van der Waals surface area contributed by atoms with Crippen LogP contribution in [0.1, 0.15) is 48.4 Å². The Balaban J connectivity index is 1.32. The van der Waals surface area contributed by atoms with Crippen LogP contribution in [0.5, 0.6) is 0 Å². The highest BCUT2D eigenvalue weighted by Gasteiger charge is 2.27. The number of carbonyl (C=O) groups excluding carboxylic acids is 1. The molecule has 1 aliphatic heterocycles. The fourth-order valence-corrected chi connectivity index (χ4v) is 5.65. The second-order valence-corrected chi connectivity index (χ2v) is 9.55. The number of nitrogens with one attached hydrogen (secondary N) is 1. The average molecular weight is 399 g/mol. The van der Waals surface area contributed by atoms with Gasteiger partial charge in [0.2, 0.25) is 15.9 Å². The molecule has 2 aliphatic rings. The van der Waals surface area contributed by atoms with E-state index in [0.29, 0.717) is 30.8 Å². The number of hydrogen-bond acceptors (Lipinski definition) is 3. The van der Waals surface area contributed by atoms with Crippen LogP contribution in [0, 0.1) is 0 Å². The Labute approximate surface area is 166 Å². The summed E-state index contributed by atoms with van der Waals surface area (Å²) in [6.45, 7) is 1.21. The van der Waals surface area contributed by atoms with Crippen molar-refractivity contribution in [2.75, 3.05) is 13.1 Å². The number of aryl methyl sites for hydroxylation is 2. The number of fused-ring (bicyclic) bond motifs is 1. The molecule has 1 saturated heterocycles. The molecule has 2 aromatic carbocycles. The van der Waals surface area contributed by atoms with Gasteiger partial charge in [0.15, 0.2) is 0 Å². The fraction of sp³-hybridized carbons (Fsp3) is 0.409. The Kier molecular flexibility index (Phi) is 5.51. The predicted octanol–water partition coefficient (Wildman–Crippen LogP) is 3.21. The third-order valence-electron chi connectivity index (χ3n) is 5.73. The zero-order chi connectivity index (χ0) is 19.6. The first-order chi connectivity index (χ1) is 13.5. The minimum atomic E-state index is -3.38. The van der Waals surface area contributed by atoms with Gasteiger partial charge in [-0.25, -0.2) is 8.42 Å². The summed E-state index contributed by atoms with van der Waals surface area (Å²) >= 11 is 0. The van der Waals surface area contributed by atoms with E-state index in [1.54, 1.807) is 16.4 Å². The molecule has 1 amide bonds. The van der Waals surface area contributed by atoms with Gasteiger partial charge in [-0.2, -0.15) is 4.31 Å². The Hall–Kier alpha value is -2.18. The van der Waals surface area contributed by atoms with E-state index >= 15 is 0 Å². The minimum absolute atomic E-state index is 0.0375. The van der Waals surface area contributed by atoms with Gasteiger partial charge in [0.25, 0.3) is 0 Å². The molecule has 28 heavy (non-hydrogen) atoms. The lowest BCUT2D eigenvalue weighted by molar-refractivity contribution is -0.121. The minimum Gasteiger partial charge on any atom is -0.349 e. The summed E-state index contributed by atoms with van der Waals surface area (Å²) in [5.41, 5.74) is 3.53. The molecule has 0 aromatic heterocycles. The maximum absolute atomic E-state index is 12.6. The quantitative estimate of drug-likeness (QED) is 0.813. The van der Waals surface area contributed by atoms with Crippen LogP contribution in [0.15, 0.2) is 53.4 Å². The average Bonchev–Trinajstić information content (AvgIpc) is 3.38.